The van der Waals surface area contributed by atoms with Gasteiger partial charge in [0.05, 0.1) is 22.0 Å². The van der Waals surface area contributed by atoms with E-state index in [9.17, 15) is 4.79 Å². The molecule has 1 aliphatic heterocycles. The van der Waals surface area contributed by atoms with E-state index in [1.165, 1.54) is 0 Å². The molecule has 0 bridgehead atoms. The maximum absolute atomic E-state index is 12.8. The van der Waals surface area contributed by atoms with Gasteiger partial charge in [0, 0.05) is 38.9 Å². The maximum atomic E-state index is 12.8. The normalized spacial score (nSPS) is 15.1. The first kappa shape index (κ1) is 15.9. The molecule has 6 heteroatoms. The molecule has 0 aliphatic carbocycles. The van der Waals surface area contributed by atoms with Crippen molar-refractivity contribution in [2.75, 3.05) is 31.1 Å². The Bertz CT molecular complexity index is 732. The van der Waals surface area contributed by atoms with Crippen molar-refractivity contribution in [1.29, 1.82) is 0 Å². The Kier molecular flexibility index (Phi) is 4.31. The number of anilines is 1. The molecule has 1 saturated heterocycles. The SMILES string of the molecule is Cc1nn(C)c(C)c1C(=O)N1CCN(c2ccccc2Cl)CC1. The molecule has 2 aromatic rings. The molecule has 122 valence electrons. The van der Waals surface area contributed by atoms with Crippen molar-refractivity contribution in [3.63, 3.8) is 0 Å². The Morgan fingerprint density at radius 1 is 1.13 bits per heavy atom. The summed E-state index contributed by atoms with van der Waals surface area (Å²) in [5.41, 5.74) is 3.48. The van der Waals surface area contributed by atoms with Crippen molar-refractivity contribution in [3.05, 3.63) is 46.2 Å². The summed E-state index contributed by atoms with van der Waals surface area (Å²) in [5.74, 6) is 0.0758. The lowest BCUT2D eigenvalue weighted by Gasteiger charge is -2.36. The first-order chi connectivity index (χ1) is 11.0. The topological polar surface area (TPSA) is 41.4 Å². The van der Waals surface area contributed by atoms with Crippen molar-refractivity contribution < 1.29 is 4.79 Å². The van der Waals surface area contributed by atoms with E-state index < -0.39 is 0 Å². The van der Waals surface area contributed by atoms with E-state index in [1.807, 2.05) is 50.1 Å². The Labute approximate surface area is 141 Å². The number of nitrogens with zero attached hydrogens (tertiary/aromatic N) is 4. The minimum absolute atomic E-state index is 0.0758. The average molecular weight is 333 g/mol. The second-order valence-corrected chi connectivity index (χ2v) is 6.31. The van der Waals surface area contributed by atoms with Crippen LogP contribution in [0.5, 0.6) is 0 Å². The van der Waals surface area contributed by atoms with Gasteiger partial charge in [0.1, 0.15) is 0 Å². The van der Waals surface area contributed by atoms with Crippen LogP contribution in [-0.4, -0.2) is 46.8 Å². The van der Waals surface area contributed by atoms with Crippen molar-refractivity contribution >= 4 is 23.2 Å². The third-order valence-electron chi connectivity index (χ3n) is 4.48. The van der Waals surface area contributed by atoms with Crippen LogP contribution in [0, 0.1) is 13.8 Å². The molecule has 1 aromatic carbocycles. The molecule has 1 fully saturated rings. The molecule has 1 aliphatic rings. The second-order valence-electron chi connectivity index (χ2n) is 5.90. The molecule has 5 nitrogen and oxygen atoms in total. The molecule has 3 rings (SSSR count). The van der Waals surface area contributed by atoms with Gasteiger partial charge in [-0.1, -0.05) is 23.7 Å². The Morgan fingerprint density at radius 2 is 1.78 bits per heavy atom. The fourth-order valence-corrected chi connectivity index (χ4v) is 3.36. The molecule has 23 heavy (non-hydrogen) atoms. The van der Waals surface area contributed by atoms with Crippen LogP contribution in [0.2, 0.25) is 5.02 Å². The molecule has 2 heterocycles. The number of carbonyl (C=O) groups excluding carboxylic acids is 1. The predicted molar refractivity (Wildman–Crippen MR) is 92.3 cm³/mol. The van der Waals surface area contributed by atoms with E-state index in [-0.39, 0.29) is 5.91 Å². The lowest BCUT2D eigenvalue weighted by atomic mass is 10.1. The Hall–Kier alpha value is -2.01. The summed E-state index contributed by atoms with van der Waals surface area (Å²) in [6, 6.07) is 7.84. The summed E-state index contributed by atoms with van der Waals surface area (Å²) in [6.07, 6.45) is 0. The van der Waals surface area contributed by atoms with Gasteiger partial charge in [-0.15, -0.1) is 0 Å². The lowest BCUT2D eigenvalue weighted by molar-refractivity contribution is 0.0745. The van der Waals surface area contributed by atoms with Gasteiger partial charge in [-0.25, -0.2) is 0 Å². The van der Waals surface area contributed by atoms with Crippen LogP contribution in [0.25, 0.3) is 0 Å². The summed E-state index contributed by atoms with van der Waals surface area (Å²) in [7, 11) is 1.87. The number of hydrogen-bond donors (Lipinski definition) is 0. The number of benzene rings is 1. The van der Waals surface area contributed by atoms with Gasteiger partial charge in [0.15, 0.2) is 0 Å². The van der Waals surface area contributed by atoms with Gasteiger partial charge < -0.3 is 9.80 Å². The van der Waals surface area contributed by atoms with E-state index >= 15 is 0 Å². The molecule has 1 amide bonds. The Morgan fingerprint density at radius 3 is 2.35 bits per heavy atom. The van der Waals surface area contributed by atoms with Crippen LogP contribution in [0.3, 0.4) is 0 Å². The summed E-state index contributed by atoms with van der Waals surface area (Å²) < 4.78 is 1.77. The maximum Gasteiger partial charge on any atom is 0.257 e. The molecular weight excluding hydrogens is 312 g/mol. The quantitative estimate of drug-likeness (QED) is 0.849. The molecule has 0 N–H and O–H groups in total. The third-order valence-corrected chi connectivity index (χ3v) is 4.80. The molecule has 0 atom stereocenters. The van der Waals surface area contributed by atoms with Crippen molar-refractivity contribution in [3.8, 4) is 0 Å². The number of hydrogen-bond acceptors (Lipinski definition) is 3. The van der Waals surface area contributed by atoms with Gasteiger partial charge in [0.2, 0.25) is 0 Å². The number of aryl methyl sites for hydroxylation is 2. The molecule has 0 saturated carbocycles. The third kappa shape index (κ3) is 2.93. The van der Waals surface area contributed by atoms with Gasteiger partial charge in [0.25, 0.3) is 5.91 Å². The number of aromatic nitrogens is 2. The first-order valence-electron chi connectivity index (χ1n) is 7.78. The van der Waals surface area contributed by atoms with Crippen LogP contribution in [0.4, 0.5) is 5.69 Å². The van der Waals surface area contributed by atoms with Crippen LogP contribution in [0.15, 0.2) is 24.3 Å². The van der Waals surface area contributed by atoms with Crippen molar-refractivity contribution in [2.24, 2.45) is 7.05 Å². The predicted octanol–water partition coefficient (Wildman–Crippen LogP) is 2.65. The van der Waals surface area contributed by atoms with Crippen LogP contribution >= 0.6 is 11.6 Å². The van der Waals surface area contributed by atoms with Crippen molar-refractivity contribution in [2.45, 2.75) is 13.8 Å². The van der Waals surface area contributed by atoms with E-state index in [4.69, 9.17) is 11.6 Å². The first-order valence-corrected chi connectivity index (χ1v) is 8.15. The van der Waals surface area contributed by atoms with Gasteiger partial charge in [-0.05, 0) is 26.0 Å². The number of amides is 1. The standard InChI is InChI=1S/C17H21ClN4O/c1-12-16(13(2)20(3)19-12)17(23)22-10-8-21(9-11-22)15-7-5-4-6-14(15)18/h4-7H,8-11H2,1-3H3. The molecule has 0 radical (unpaired) electrons. The van der Waals surface area contributed by atoms with Crippen LogP contribution in [0.1, 0.15) is 21.7 Å². The van der Waals surface area contributed by atoms with Gasteiger partial charge in [-0.2, -0.15) is 5.10 Å². The van der Waals surface area contributed by atoms with Crippen LogP contribution < -0.4 is 4.90 Å². The smallest absolute Gasteiger partial charge is 0.257 e. The zero-order valence-electron chi connectivity index (χ0n) is 13.7. The summed E-state index contributed by atoms with van der Waals surface area (Å²) >= 11 is 6.26. The largest absolute Gasteiger partial charge is 0.367 e. The average Bonchev–Trinajstić information content (AvgIpc) is 2.80. The second kappa shape index (κ2) is 6.24. The minimum atomic E-state index is 0.0758. The highest BCUT2D eigenvalue weighted by Crippen LogP contribution is 2.26. The highest BCUT2D eigenvalue weighted by atomic mass is 35.5. The highest BCUT2D eigenvalue weighted by molar-refractivity contribution is 6.33. The van der Waals surface area contributed by atoms with E-state index in [0.717, 1.165) is 40.8 Å². The molecular formula is C17H21ClN4O. The number of piperazine rings is 1. The summed E-state index contributed by atoms with van der Waals surface area (Å²) in [4.78, 5) is 16.9. The lowest BCUT2D eigenvalue weighted by Crippen LogP contribution is -2.49. The zero-order valence-corrected chi connectivity index (χ0v) is 14.5. The number of rotatable bonds is 2. The molecule has 0 unspecified atom stereocenters. The molecule has 1 aromatic heterocycles. The molecule has 0 spiro atoms. The van der Waals surface area contributed by atoms with Gasteiger partial charge in [-0.3, -0.25) is 9.48 Å². The fraction of sp³-hybridized carbons (Fsp3) is 0.412. The summed E-state index contributed by atoms with van der Waals surface area (Å²) in [6.45, 7) is 6.78. The minimum Gasteiger partial charge on any atom is -0.367 e. The highest BCUT2D eigenvalue weighted by Gasteiger charge is 2.26. The van der Waals surface area contributed by atoms with E-state index in [2.05, 4.69) is 10.00 Å². The number of carbonyl (C=O) groups is 1. The van der Waals surface area contributed by atoms with Crippen molar-refractivity contribution in [1.82, 2.24) is 14.7 Å². The zero-order chi connectivity index (χ0) is 16.6. The Balaban J connectivity index is 1.72. The number of halogens is 1. The monoisotopic (exact) mass is 332 g/mol. The fourth-order valence-electron chi connectivity index (χ4n) is 3.10. The van der Waals surface area contributed by atoms with Gasteiger partial charge >= 0.3 is 0 Å². The van der Waals surface area contributed by atoms with E-state index in [0.29, 0.717) is 13.1 Å². The van der Waals surface area contributed by atoms with Crippen LogP contribution in [-0.2, 0) is 7.05 Å². The van der Waals surface area contributed by atoms with E-state index in [1.54, 1.807) is 4.68 Å². The summed E-state index contributed by atoms with van der Waals surface area (Å²) in [5, 5.41) is 5.10. The number of para-hydroxylation sites is 1.